The number of rotatable bonds is 3. The summed E-state index contributed by atoms with van der Waals surface area (Å²) in [6.07, 6.45) is -3.50. The summed E-state index contributed by atoms with van der Waals surface area (Å²) in [4.78, 5) is 0. The predicted molar refractivity (Wildman–Crippen MR) is 105 cm³/mol. The van der Waals surface area contributed by atoms with Gasteiger partial charge < -0.3 is 5.32 Å². The minimum absolute atomic E-state index is 0.0148. The van der Waals surface area contributed by atoms with Crippen molar-refractivity contribution in [3.63, 3.8) is 0 Å². The second-order valence-corrected chi connectivity index (χ2v) is 7.71. The van der Waals surface area contributed by atoms with Crippen LogP contribution in [0.15, 0.2) is 36.4 Å². The normalized spacial score (nSPS) is 13.5. The van der Waals surface area contributed by atoms with E-state index in [4.69, 9.17) is 34.8 Å². The maximum atomic E-state index is 13.6. The molecule has 146 valence electrons. The SMILES string of the molecule is FC(F)(F)c1cc(Cl)ccc1-n1nc(Cc2ccc(Cl)cc2Cl)c2c1NCC2. The van der Waals surface area contributed by atoms with Crippen LogP contribution >= 0.6 is 34.8 Å². The Morgan fingerprint density at radius 3 is 2.46 bits per heavy atom. The Morgan fingerprint density at radius 1 is 1.04 bits per heavy atom. The smallest absolute Gasteiger partial charge is 0.369 e. The molecule has 0 fully saturated rings. The van der Waals surface area contributed by atoms with Crippen molar-refractivity contribution in [3.05, 3.63) is 73.9 Å². The highest BCUT2D eigenvalue weighted by molar-refractivity contribution is 6.35. The van der Waals surface area contributed by atoms with Gasteiger partial charge in [0.2, 0.25) is 0 Å². The number of aromatic nitrogens is 2. The number of halogens is 6. The van der Waals surface area contributed by atoms with Crippen molar-refractivity contribution in [3.8, 4) is 5.69 Å². The second kappa shape index (κ2) is 7.17. The van der Waals surface area contributed by atoms with E-state index in [2.05, 4.69) is 10.4 Å². The topological polar surface area (TPSA) is 29.9 Å². The Balaban J connectivity index is 1.82. The fraction of sp³-hybridized carbons (Fsp3) is 0.211. The summed E-state index contributed by atoms with van der Waals surface area (Å²) in [5, 5.41) is 8.64. The van der Waals surface area contributed by atoms with Crippen LogP contribution in [0.3, 0.4) is 0 Å². The average molecular weight is 447 g/mol. The molecule has 0 bridgehead atoms. The zero-order valence-electron chi connectivity index (χ0n) is 14.2. The number of anilines is 1. The predicted octanol–water partition coefficient (Wildman–Crippen LogP) is 6.41. The van der Waals surface area contributed by atoms with Gasteiger partial charge in [-0.1, -0.05) is 40.9 Å². The van der Waals surface area contributed by atoms with Crippen LogP contribution in [0.2, 0.25) is 15.1 Å². The van der Waals surface area contributed by atoms with E-state index >= 15 is 0 Å². The summed E-state index contributed by atoms with van der Waals surface area (Å²) in [7, 11) is 0. The minimum Gasteiger partial charge on any atom is -0.369 e. The maximum absolute atomic E-state index is 13.6. The molecule has 0 spiro atoms. The molecule has 4 rings (SSSR count). The Labute approximate surface area is 174 Å². The zero-order chi connectivity index (χ0) is 20.1. The fourth-order valence-corrected chi connectivity index (χ4v) is 3.97. The molecule has 1 aliphatic rings. The van der Waals surface area contributed by atoms with Crippen LogP contribution in [-0.2, 0) is 19.0 Å². The quantitative estimate of drug-likeness (QED) is 0.504. The third-order valence-corrected chi connectivity index (χ3v) is 5.42. The lowest BCUT2D eigenvalue weighted by molar-refractivity contribution is -0.137. The first-order valence-electron chi connectivity index (χ1n) is 8.39. The van der Waals surface area contributed by atoms with E-state index in [1.54, 1.807) is 18.2 Å². The van der Waals surface area contributed by atoms with E-state index in [1.165, 1.54) is 16.8 Å². The van der Waals surface area contributed by atoms with E-state index < -0.39 is 11.7 Å². The Hall–Kier alpha value is -1.89. The standard InChI is InChI=1S/C19H13Cl3F3N3/c20-11-3-4-17(14(8-11)19(23,24)25)28-18-13(5-6-26-18)16(27-28)7-10-1-2-12(21)9-15(10)22/h1-4,8-9,26H,5-7H2. The molecule has 9 heteroatoms. The lowest BCUT2D eigenvalue weighted by atomic mass is 10.1. The average Bonchev–Trinajstić information content (AvgIpc) is 3.20. The van der Waals surface area contributed by atoms with Crippen molar-refractivity contribution < 1.29 is 13.2 Å². The first kappa shape index (κ1) is 19.4. The van der Waals surface area contributed by atoms with E-state index in [0.29, 0.717) is 40.9 Å². The van der Waals surface area contributed by atoms with Gasteiger partial charge >= 0.3 is 6.18 Å². The largest absolute Gasteiger partial charge is 0.418 e. The molecule has 0 saturated carbocycles. The zero-order valence-corrected chi connectivity index (χ0v) is 16.5. The number of alkyl halides is 3. The Bertz CT molecular complexity index is 1060. The van der Waals surface area contributed by atoms with Gasteiger partial charge in [0.25, 0.3) is 0 Å². The number of nitrogens with zero attached hydrogens (tertiary/aromatic N) is 2. The number of nitrogens with one attached hydrogen (secondary N) is 1. The molecule has 0 atom stereocenters. The highest BCUT2D eigenvalue weighted by Gasteiger charge is 2.36. The van der Waals surface area contributed by atoms with E-state index in [-0.39, 0.29) is 10.7 Å². The first-order chi connectivity index (χ1) is 13.2. The van der Waals surface area contributed by atoms with Gasteiger partial charge in [0.15, 0.2) is 0 Å². The van der Waals surface area contributed by atoms with Gasteiger partial charge in [-0.3, -0.25) is 0 Å². The van der Waals surface area contributed by atoms with Crippen LogP contribution in [-0.4, -0.2) is 16.3 Å². The van der Waals surface area contributed by atoms with Crippen molar-refractivity contribution in [2.45, 2.75) is 19.0 Å². The molecule has 0 unspecified atom stereocenters. The first-order valence-corrected chi connectivity index (χ1v) is 9.53. The molecule has 3 nitrogen and oxygen atoms in total. The summed E-state index contributed by atoms with van der Waals surface area (Å²) in [5.41, 5.74) is 1.45. The summed E-state index contributed by atoms with van der Waals surface area (Å²) >= 11 is 18.0. The maximum Gasteiger partial charge on any atom is 0.418 e. The number of hydrogen-bond donors (Lipinski definition) is 1. The monoisotopic (exact) mass is 445 g/mol. The molecule has 1 aromatic heterocycles. The highest BCUT2D eigenvalue weighted by Crippen LogP contribution is 2.39. The second-order valence-electron chi connectivity index (χ2n) is 6.43. The molecule has 0 aliphatic carbocycles. The van der Waals surface area contributed by atoms with Crippen LogP contribution in [0.25, 0.3) is 5.69 Å². The Kier molecular flexibility index (Phi) is 4.98. The third-order valence-electron chi connectivity index (χ3n) is 4.60. The molecule has 0 amide bonds. The van der Waals surface area contributed by atoms with Gasteiger partial charge in [0.1, 0.15) is 5.82 Å². The van der Waals surface area contributed by atoms with Gasteiger partial charge in [0.05, 0.1) is 16.9 Å². The van der Waals surface area contributed by atoms with Crippen LogP contribution in [0.1, 0.15) is 22.4 Å². The molecule has 28 heavy (non-hydrogen) atoms. The molecular formula is C19H13Cl3F3N3. The summed E-state index contributed by atoms with van der Waals surface area (Å²) in [6, 6.07) is 8.81. The number of benzene rings is 2. The van der Waals surface area contributed by atoms with E-state index in [9.17, 15) is 13.2 Å². The van der Waals surface area contributed by atoms with Crippen molar-refractivity contribution in [2.24, 2.45) is 0 Å². The van der Waals surface area contributed by atoms with Crippen molar-refractivity contribution in [2.75, 3.05) is 11.9 Å². The van der Waals surface area contributed by atoms with Crippen molar-refractivity contribution in [1.82, 2.24) is 9.78 Å². The lowest BCUT2D eigenvalue weighted by Gasteiger charge is -2.15. The van der Waals surface area contributed by atoms with Gasteiger partial charge in [0, 0.05) is 33.6 Å². The molecule has 0 radical (unpaired) electrons. The van der Waals surface area contributed by atoms with E-state index in [1.807, 2.05) is 0 Å². The summed E-state index contributed by atoms with van der Waals surface area (Å²) in [5.74, 6) is 0.563. The minimum atomic E-state index is -4.56. The number of fused-ring (bicyclic) bond motifs is 1. The molecular weight excluding hydrogens is 434 g/mol. The van der Waals surface area contributed by atoms with Crippen molar-refractivity contribution >= 4 is 40.6 Å². The van der Waals surface area contributed by atoms with Crippen LogP contribution in [0.4, 0.5) is 19.0 Å². The van der Waals surface area contributed by atoms with Crippen LogP contribution in [0.5, 0.6) is 0 Å². The molecule has 1 aliphatic heterocycles. The molecule has 0 saturated heterocycles. The highest BCUT2D eigenvalue weighted by atomic mass is 35.5. The summed E-state index contributed by atoms with van der Waals surface area (Å²) in [6.45, 7) is 0.628. The van der Waals surface area contributed by atoms with Crippen LogP contribution < -0.4 is 5.32 Å². The number of hydrogen-bond acceptors (Lipinski definition) is 2. The van der Waals surface area contributed by atoms with Gasteiger partial charge in [-0.15, -0.1) is 0 Å². The van der Waals surface area contributed by atoms with Gasteiger partial charge in [-0.2, -0.15) is 18.3 Å². The van der Waals surface area contributed by atoms with Gasteiger partial charge in [-0.05, 0) is 42.3 Å². The molecule has 1 N–H and O–H groups in total. The molecule has 2 aromatic carbocycles. The van der Waals surface area contributed by atoms with E-state index in [0.717, 1.165) is 17.2 Å². The fourth-order valence-electron chi connectivity index (χ4n) is 3.33. The lowest BCUT2D eigenvalue weighted by Crippen LogP contribution is -2.13. The van der Waals surface area contributed by atoms with Crippen LogP contribution in [0, 0.1) is 0 Å². The summed E-state index contributed by atoms with van der Waals surface area (Å²) < 4.78 is 42.0. The van der Waals surface area contributed by atoms with Crippen molar-refractivity contribution in [1.29, 1.82) is 0 Å². The third kappa shape index (κ3) is 3.56. The molecule has 2 heterocycles. The molecule has 3 aromatic rings. The Morgan fingerprint density at radius 2 is 1.75 bits per heavy atom. The van der Waals surface area contributed by atoms with Gasteiger partial charge in [-0.25, -0.2) is 4.68 Å².